The molecular weight excluding hydrogens is 342 g/mol. The van der Waals surface area contributed by atoms with Gasteiger partial charge in [-0.2, -0.15) is 5.10 Å². The van der Waals surface area contributed by atoms with Gasteiger partial charge >= 0.3 is 0 Å². The number of fused-ring (bicyclic) bond motifs is 1. The summed E-state index contributed by atoms with van der Waals surface area (Å²) in [6.07, 6.45) is 3.62. The van der Waals surface area contributed by atoms with Gasteiger partial charge in [0.05, 0.1) is 36.9 Å². The highest BCUT2D eigenvalue weighted by Gasteiger charge is 2.17. The van der Waals surface area contributed by atoms with Gasteiger partial charge in [0, 0.05) is 12.5 Å². The molecule has 0 aliphatic carbocycles. The SMILES string of the molecule is CCC(C)n1nccc1NC(=O)Cc1cc(Cl)c2c(c1)OCCCO2. The molecule has 1 aromatic heterocycles. The van der Waals surface area contributed by atoms with Crippen LogP contribution in [0.4, 0.5) is 5.82 Å². The van der Waals surface area contributed by atoms with Gasteiger partial charge in [-0.1, -0.05) is 18.5 Å². The van der Waals surface area contributed by atoms with E-state index in [9.17, 15) is 4.79 Å². The molecule has 0 radical (unpaired) electrons. The lowest BCUT2D eigenvalue weighted by atomic mass is 10.1. The van der Waals surface area contributed by atoms with E-state index in [1.807, 2.05) is 10.7 Å². The summed E-state index contributed by atoms with van der Waals surface area (Å²) in [6.45, 7) is 5.29. The first-order valence-corrected chi connectivity index (χ1v) is 8.87. The molecular formula is C18H22ClN3O3. The summed E-state index contributed by atoms with van der Waals surface area (Å²) in [6, 6.07) is 5.58. The highest BCUT2D eigenvalue weighted by Crippen LogP contribution is 2.38. The standard InChI is InChI=1S/C18H22ClN3O3/c1-3-12(2)22-16(5-6-20-22)21-17(23)11-13-9-14(19)18-15(10-13)24-7-4-8-25-18/h5-6,9-10,12H,3-4,7-8,11H2,1-2H3,(H,21,23). The smallest absolute Gasteiger partial charge is 0.229 e. The number of ether oxygens (including phenoxy) is 2. The Morgan fingerprint density at radius 1 is 1.40 bits per heavy atom. The van der Waals surface area contributed by atoms with Gasteiger partial charge in [0.2, 0.25) is 5.91 Å². The van der Waals surface area contributed by atoms with Crippen LogP contribution in [-0.2, 0) is 11.2 Å². The molecule has 3 rings (SSSR count). The van der Waals surface area contributed by atoms with Crippen LogP contribution in [0.15, 0.2) is 24.4 Å². The van der Waals surface area contributed by atoms with Gasteiger partial charge in [0.1, 0.15) is 5.82 Å². The average molecular weight is 364 g/mol. The number of aromatic nitrogens is 2. The summed E-state index contributed by atoms with van der Waals surface area (Å²) in [4.78, 5) is 12.4. The number of nitrogens with one attached hydrogen (secondary N) is 1. The Morgan fingerprint density at radius 3 is 3.00 bits per heavy atom. The molecule has 1 aliphatic heterocycles. The first-order chi connectivity index (χ1) is 12.1. The quantitative estimate of drug-likeness (QED) is 0.876. The molecule has 2 aromatic rings. The number of carbonyl (C=O) groups is 1. The van der Waals surface area contributed by atoms with Crippen molar-refractivity contribution in [2.45, 2.75) is 39.2 Å². The van der Waals surface area contributed by atoms with Crippen molar-refractivity contribution in [2.24, 2.45) is 0 Å². The summed E-state index contributed by atoms with van der Waals surface area (Å²) in [5.41, 5.74) is 0.779. The summed E-state index contributed by atoms with van der Waals surface area (Å²) < 4.78 is 13.1. The third-order valence-corrected chi connectivity index (χ3v) is 4.45. The van der Waals surface area contributed by atoms with Crippen molar-refractivity contribution in [1.29, 1.82) is 0 Å². The zero-order valence-electron chi connectivity index (χ0n) is 14.4. The molecule has 1 aromatic carbocycles. The summed E-state index contributed by atoms with van der Waals surface area (Å²) in [5, 5.41) is 7.65. The number of rotatable bonds is 5. The Labute approximate surface area is 152 Å². The van der Waals surface area contributed by atoms with Crippen molar-refractivity contribution in [3.63, 3.8) is 0 Å². The van der Waals surface area contributed by atoms with Crippen molar-refractivity contribution >= 4 is 23.3 Å². The van der Waals surface area contributed by atoms with Crippen LogP contribution in [0.25, 0.3) is 0 Å². The van der Waals surface area contributed by atoms with Crippen LogP contribution in [0, 0.1) is 0 Å². The second kappa shape index (κ2) is 7.78. The van der Waals surface area contributed by atoms with Crippen molar-refractivity contribution in [2.75, 3.05) is 18.5 Å². The second-order valence-electron chi connectivity index (χ2n) is 6.10. The minimum Gasteiger partial charge on any atom is -0.489 e. The first-order valence-electron chi connectivity index (χ1n) is 8.50. The van der Waals surface area contributed by atoms with E-state index in [1.165, 1.54) is 0 Å². The van der Waals surface area contributed by atoms with Crippen molar-refractivity contribution < 1.29 is 14.3 Å². The fourth-order valence-electron chi connectivity index (χ4n) is 2.70. The van der Waals surface area contributed by atoms with Gasteiger partial charge in [-0.3, -0.25) is 4.79 Å². The maximum Gasteiger partial charge on any atom is 0.229 e. The number of amides is 1. The number of hydrogen-bond donors (Lipinski definition) is 1. The number of benzene rings is 1. The van der Waals surface area contributed by atoms with E-state index >= 15 is 0 Å². The zero-order valence-corrected chi connectivity index (χ0v) is 15.2. The Kier molecular flexibility index (Phi) is 5.48. The Morgan fingerprint density at radius 2 is 2.20 bits per heavy atom. The maximum atomic E-state index is 12.4. The van der Waals surface area contributed by atoms with Crippen molar-refractivity contribution in [3.05, 3.63) is 35.0 Å². The number of carbonyl (C=O) groups excluding carboxylic acids is 1. The molecule has 1 unspecified atom stereocenters. The van der Waals surface area contributed by atoms with Gasteiger partial charge in [-0.25, -0.2) is 4.68 Å². The maximum absolute atomic E-state index is 12.4. The zero-order chi connectivity index (χ0) is 17.8. The molecule has 0 saturated heterocycles. The lowest BCUT2D eigenvalue weighted by Gasteiger charge is -2.15. The molecule has 25 heavy (non-hydrogen) atoms. The molecule has 0 spiro atoms. The molecule has 1 amide bonds. The van der Waals surface area contributed by atoms with Gasteiger partial charge in [0.25, 0.3) is 0 Å². The minimum absolute atomic E-state index is 0.129. The molecule has 6 nitrogen and oxygen atoms in total. The summed E-state index contributed by atoms with van der Waals surface area (Å²) in [5.74, 6) is 1.71. The van der Waals surface area contributed by atoms with E-state index in [4.69, 9.17) is 21.1 Å². The lowest BCUT2D eigenvalue weighted by molar-refractivity contribution is -0.115. The van der Waals surface area contributed by atoms with E-state index in [2.05, 4.69) is 24.3 Å². The highest BCUT2D eigenvalue weighted by molar-refractivity contribution is 6.32. The molecule has 7 heteroatoms. The monoisotopic (exact) mass is 363 g/mol. The second-order valence-corrected chi connectivity index (χ2v) is 6.51. The van der Waals surface area contributed by atoms with Crippen LogP contribution in [0.5, 0.6) is 11.5 Å². The molecule has 0 saturated carbocycles. The van der Waals surface area contributed by atoms with Crippen LogP contribution in [0.1, 0.15) is 38.3 Å². The molecule has 0 bridgehead atoms. The summed E-state index contributed by atoms with van der Waals surface area (Å²) in [7, 11) is 0. The fraction of sp³-hybridized carbons (Fsp3) is 0.444. The Hall–Kier alpha value is -2.21. The molecule has 0 fully saturated rings. The number of anilines is 1. The summed E-state index contributed by atoms with van der Waals surface area (Å²) >= 11 is 6.28. The third-order valence-electron chi connectivity index (χ3n) is 4.17. The van der Waals surface area contributed by atoms with E-state index in [-0.39, 0.29) is 18.4 Å². The van der Waals surface area contributed by atoms with Crippen molar-refractivity contribution in [1.82, 2.24) is 9.78 Å². The molecule has 2 heterocycles. The van der Waals surface area contributed by atoms with E-state index in [1.54, 1.807) is 18.3 Å². The van der Waals surface area contributed by atoms with Crippen LogP contribution in [-0.4, -0.2) is 28.9 Å². The van der Waals surface area contributed by atoms with Crippen LogP contribution < -0.4 is 14.8 Å². The first kappa shape index (κ1) is 17.6. The van der Waals surface area contributed by atoms with Gasteiger partial charge < -0.3 is 14.8 Å². The molecule has 1 atom stereocenters. The predicted molar refractivity (Wildman–Crippen MR) is 96.6 cm³/mol. The molecule has 1 aliphatic rings. The Bertz CT molecular complexity index is 760. The molecule has 1 N–H and O–H groups in total. The van der Waals surface area contributed by atoms with Crippen LogP contribution >= 0.6 is 11.6 Å². The average Bonchev–Trinajstić information content (AvgIpc) is 2.89. The van der Waals surface area contributed by atoms with Crippen LogP contribution in [0.2, 0.25) is 5.02 Å². The third kappa shape index (κ3) is 4.07. The fourth-order valence-corrected chi connectivity index (χ4v) is 2.98. The number of halogens is 1. The van der Waals surface area contributed by atoms with Gasteiger partial charge in [-0.05, 0) is 31.0 Å². The minimum atomic E-state index is -0.129. The molecule has 134 valence electrons. The number of nitrogens with zero attached hydrogens (tertiary/aromatic N) is 2. The Balaban J connectivity index is 1.72. The van der Waals surface area contributed by atoms with Gasteiger partial charge in [-0.15, -0.1) is 0 Å². The normalized spacial score (nSPS) is 14.7. The van der Waals surface area contributed by atoms with E-state index < -0.39 is 0 Å². The largest absolute Gasteiger partial charge is 0.489 e. The van der Waals surface area contributed by atoms with E-state index in [0.717, 1.165) is 18.4 Å². The van der Waals surface area contributed by atoms with Crippen LogP contribution in [0.3, 0.4) is 0 Å². The van der Waals surface area contributed by atoms with E-state index in [0.29, 0.717) is 35.6 Å². The lowest BCUT2D eigenvalue weighted by Crippen LogP contribution is -2.19. The number of hydrogen-bond acceptors (Lipinski definition) is 4. The predicted octanol–water partition coefficient (Wildman–Crippen LogP) is 3.85. The van der Waals surface area contributed by atoms with Crippen molar-refractivity contribution in [3.8, 4) is 11.5 Å². The topological polar surface area (TPSA) is 65.4 Å². The highest BCUT2D eigenvalue weighted by atomic mass is 35.5. The van der Waals surface area contributed by atoms with Gasteiger partial charge in [0.15, 0.2) is 11.5 Å².